The highest BCUT2D eigenvalue weighted by Gasteiger charge is 2.22. The van der Waals surface area contributed by atoms with E-state index < -0.39 is 0 Å². The molecule has 0 saturated heterocycles. The third-order valence-corrected chi connectivity index (χ3v) is 6.36. The van der Waals surface area contributed by atoms with Crippen molar-refractivity contribution in [3.63, 3.8) is 0 Å². The Morgan fingerprint density at radius 3 is 2.66 bits per heavy atom. The minimum absolute atomic E-state index is 0.00122. The molecule has 1 amide bonds. The number of anilines is 1. The van der Waals surface area contributed by atoms with Gasteiger partial charge in [0, 0.05) is 16.6 Å². The molecule has 0 aliphatic rings. The van der Waals surface area contributed by atoms with Crippen molar-refractivity contribution in [2.45, 2.75) is 6.42 Å². The number of carbonyl (C=O) groups excluding carboxylic acids is 1. The number of benzene rings is 3. The normalized spacial score (nSPS) is 11.4. The van der Waals surface area contributed by atoms with Gasteiger partial charge in [-0.15, -0.1) is 0 Å². The number of fused-ring (bicyclic) bond motifs is 2. The quantitative estimate of drug-likeness (QED) is 0.358. The van der Waals surface area contributed by atoms with Gasteiger partial charge in [0.25, 0.3) is 5.91 Å². The molecule has 1 aromatic heterocycles. The number of nitrogens with zero attached hydrogens (tertiary/aromatic N) is 3. The number of hydrogen-bond acceptors (Lipinski definition) is 4. The average Bonchev–Trinajstić information content (AvgIpc) is 3.12. The van der Waals surface area contributed by atoms with Crippen LogP contribution in [-0.4, -0.2) is 43.0 Å². The zero-order valence-electron chi connectivity index (χ0n) is 16.4. The number of halogens is 1. The summed E-state index contributed by atoms with van der Waals surface area (Å²) in [5.74, 6) is -0.00122. The Balaban J connectivity index is 1.75. The number of carbonyl (C=O) groups is 1. The zero-order chi connectivity index (χ0) is 20.4. The summed E-state index contributed by atoms with van der Waals surface area (Å²) in [6, 6.07) is 19.9. The molecular formula is C23H22BrN3OS. The number of hydrogen-bond donors (Lipinski definition) is 0. The molecule has 0 unspecified atom stereocenters. The number of amides is 1. The smallest absolute Gasteiger partial charge is 0.260 e. The summed E-state index contributed by atoms with van der Waals surface area (Å²) in [7, 11) is 4.10. The van der Waals surface area contributed by atoms with E-state index in [1.165, 1.54) is 0 Å². The standard InChI is InChI=1S/C23H22BrN3OS/c1-26(2)13-6-14-27(23-25-20-12-11-17(24)15-21(20)29-23)22(28)19-10-5-8-16-7-3-4-9-18(16)19/h3-5,7-12,15H,6,13-14H2,1-2H3. The molecule has 0 N–H and O–H groups in total. The molecule has 1 heterocycles. The molecule has 0 radical (unpaired) electrons. The van der Waals surface area contributed by atoms with Crippen molar-refractivity contribution in [3.05, 3.63) is 70.7 Å². The number of rotatable bonds is 6. The molecular weight excluding hydrogens is 446 g/mol. The van der Waals surface area contributed by atoms with Crippen LogP contribution < -0.4 is 4.90 Å². The second-order valence-corrected chi connectivity index (χ2v) is 9.17. The summed E-state index contributed by atoms with van der Waals surface area (Å²) in [4.78, 5) is 22.4. The van der Waals surface area contributed by atoms with Gasteiger partial charge >= 0.3 is 0 Å². The van der Waals surface area contributed by atoms with Crippen LogP contribution in [0.2, 0.25) is 0 Å². The minimum Gasteiger partial charge on any atom is -0.309 e. The van der Waals surface area contributed by atoms with Crippen LogP contribution in [0.25, 0.3) is 21.0 Å². The molecule has 0 saturated carbocycles. The molecule has 0 bridgehead atoms. The van der Waals surface area contributed by atoms with E-state index in [2.05, 4.69) is 26.9 Å². The highest BCUT2D eigenvalue weighted by atomic mass is 79.9. The van der Waals surface area contributed by atoms with Crippen LogP contribution >= 0.6 is 27.3 Å². The summed E-state index contributed by atoms with van der Waals surface area (Å²) in [6.45, 7) is 1.54. The first-order valence-electron chi connectivity index (χ1n) is 9.53. The number of thiazole rings is 1. The first-order valence-corrected chi connectivity index (χ1v) is 11.1. The summed E-state index contributed by atoms with van der Waals surface area (Å²) in [5.41, 5.74) is 1.63. The molecule has 0 atom stereocenters. The molecule has 3 aromatic carbocycles. The Morgan fingerprint density at radius 1 is 1.03 bits per heavy atom. The van der Waals surface area contributed by atoms with Gasteiger partial charge in [-0.2, -0.15) is 0 Å². The molecule has 4 rings (SSSR count). The Kier molecular flexibility index (Phi) is 5.94. The van der Waals surface area contributed by atoms with Gasteiger partial charge in [-0.05, 0) is 62.1 Å². The fourth-order valence-corrected chi connectivity index (χ4v) is 4.93. The zero-order valence-corrected chi connectivity index (χ0v) is 18.8. The maximum absolute atomic E-state index is 13.6. The lowest BCUT2D eigenvalue weighted by Gasteiger charge is -2.21. The fourth-order valence-electron chi connectivity index (χ4n) is 3.39. The third-order valence-electron chi connectivity index (χ3n) is 4.82. The fraction of sp³-hybridized carbons (Fsp3) is 0.217. The summed E-state index contributed by atoms with van der Waals surface area (Å²) < 4.78 is 2.08. The van der Waals surface area contributed by atoms with Gasteiger partial charge in [0.2, 0.25) is 0 Å². The van der Waals surface area contributed by atoms with Gasteiger partial charge in [0.15, 0.2) is 5.13 Å². The molecule has 4 aromatic rings. The van der Waals surface area contributed by atoms with Crippen LogP contribution in [0.4, 0.5) is 5.13 Å². The van der Waals surface area contributed by atoms with Crippen LogP contribution in [0.1, 0.15) is 16.8 Å². The van der Waals surface area contributed by atoms with E-state index in [1.807, 2.05) is 73.6 Å². The maximum Gasteiger partial charge on any atom is 0.260 e. The van der Waals surface area contributed by atoms with Crippen molar-refractivity contribution in [2.75, 3.05) is 32.1 Å². The Hall–Kier alpha value is -2.28. The van der Waals surface area contributed by atoms with Crippen LogP contribution in [0.3, 0.4) is 0 Å². The van der Waals surface area contributed by atoms with Crippen LogP contribution in [-0.2, 0) is 0 Å². The topological polar surface area (TPSA) is 36.4 Å². The monoisotopic (exact) mass is 467 g/mol. The van der Waals surface area contributed by atoms with Crippen molar-refractivity contribution in [1.82, 2.24) is 9.88 Å². The Labute approximate surface area is 182 Å². The third kappa shape index (κ3) is 4.34. The van der Waals surface area contributed by atoms with E-state index in [9.17, 15) is 4.79 Å². The van der Waals surface area contributed by atoms with E-state index in [-0.39, 0.29) is 5.91 Å². The van der Waals surface area contributed by atoms with Crippen molar-refractivity contribution >= 4 is 59.3 Å². The van der Waals surface area contributed by atoms with Gasteiger partial charge in [-0.25, -0.2) is 4.98 Å². The first kappa shape index (κ1) is 20.0. The molecule has 4 nitrogen and oxygen atoms in total. The molecule has 0 aliphatic heterocycles. The molecule has 0 aliphatic carbocycles. The van der Waals surface area contributed by atoms with Gasteiger partial charge in [0.05, 0.1) is 10.2 Å². The highest BCUT2D eigenvalue weighted by molar-refractivity contribution is 9.10. The van der Waals surface area contributed by atoms with E-state index >= 15 is 0 Å². The van der Waals surface area contributed by atoms with Gasteiger partial charge in [0.1, 0.15) is 0 Å². The lowest BCUT2D eigenvalue weighted by molar-refractivity contribution is 0.0987. The SMILES string of the molecule is CN(C)CCCN(C(=O)c1cccc2ccccc12)c1nc2ccc(Br)cc2s1. The van der Waals surface area contributed by atoms with Crippen LogP contribution in [0, 0.1) is 0 Å². The maximum atomic E-state index is 13.6. The minimum atomic E-state index is -0.00122. The first-order chi connectivity index (χ1) is 14.0. The molecule has 0 spiro atoms. The van der Waals surface area contributed by atoms with Crippen molar-refractivity contribution in [3.8, 4) is 0 Å². The molecule has 6 heteroatoms. The predicted octanol–water partition coefficient (Wildman–Crippen LogP) is 5.81. The number of aromatic nitrogens is 1. The van der Waals surface area contributed by atoms with Crippen molar-refractivity contribution < 1.29 is 4.79 Å². The average molecular weight is 468 g/mol. The van der Waals surface area contributed by atoms with Crippen LogP contribution in [0.15, 0.2) is 65.1 Å². The van der Waals surface area contributed by atoms with E-state index in [4.69, 9.17) is 4.98 Å². The summed E-state index contributed by atoms with van der Waals surface area (Å²) in [6.07, 6.45) is 0.878. The predicted molar refractivity (Wildman–Crippen MR) is 126 cm³/mol. The molecule has 0 fully saturated rings. The van der Waals surface area contributed by atoms with Crippen molar-refractivity contribution in [1.29, 1.82) is 0 Å². The lowest BCUT2D eigenvalue weighted by atomic mass is 10.0. The van der Waals surface area contributed by atoms with Gasteiger partial charge < -0.3 is 4.90 Å². The van der Waals surface area contributed by atoms with Gasteiger partial charge in [-0.1, -0.05) is 63.7 Å². The van der Waals surface area contributed by atoms with E-state index in [0.29, 0.717) is 12.1 Å². The van der Waals surface area contributed by atoms with Crippen molar-refractivity contribution in [2.24, 2.45) is 0 Å². The summed E-state index contributed by atoms with van der Waals surface area (Å²) >= 11 is 5.08. The Bertz CT molecular complexity index is 1170. The second kappa shape index (κ2) is 8.61. The second-order valence-electron chi connectivity index (χ2n) is 7.25. The molecule has 29 heavy (non-hydrogen) atoms. The lowest BCUT2D eigenvalue weighted by Crippen LogP contribution is -2.33. The van der Waals surface area contributed by atoms with Gasteiger partial charge in [-0.3, -0.25) is 9.69 Å². The van der Waals surface area contributed by atoms with Crippen LogP contribution in [0.5, 0.6) is 0 Å². The highest BCUT2D eigenvalue weighted by Crippen LogP contribution is 2.32. The largest absolute Gasteiger partial charge is 0.309 e. The summed E-state index contributed by atoms with van der Waals surface area (Å²) in [5, 5.41) is 2.79. The van der Waals surface area contributed by atoms with E-state index in [0.717, 1.165) is 43.6 Å². The van der Waals surface area contributed by atoms with E-state index in [1.54, 1.807) is 11.3 Å². The molecule has 148 valence electrons. The Morgan fingerprint density at radius 2 is 1.83 bits per heavy atom.